The molecule has 2 aromatic rings. The molecule has 3 amide bonds. The highest BCUT2D eigenvalue weighted by Crippen LogP contribution is 2.37. The van der Waals surface area contributed by atoms with Crippen LogP contribution in [0.4, 0.5) is 4.79 Å². The smallest absolute Gasteiger partial charge is 0.317 e. The van der Waals surface area contributed by atoms with Crippen molar-refractivity contribution in [2.75, 3.05) is 13.6 Å². The molecule has 0 atom stereocenters. The zero-order valence-corrected chi connectivity index (χ0v) is 16.8. The van der Waals surface area contributed by atoms with Crippen molar-refractivity contribution in [2.24, 2.45) is 0 Å². The van der Waals surface area contributed by atoms with Gasteiger partial charge < -0.3 is 15.5 Å². The number of carbonyl (C=O) groups excluding carboxylic acids is 2. The molecule has 0 saturated heterocycles. The Balaban J connectivity index is 1.30. The van der Waals surface area contributed by atoms with E-state index in [1.807, 2.05) is 54.6 Å². The third-order valence-corrected chi connectivity index (χ3v) is 5.33. The van der Waals surface area contributed by atoms with E-state index in [4.69, 9.17) is 11.6 Å². The van der Waals surface area contributed by atoms with Crippen LogP contribution in [0.3, 0.4) is 0 Å². The van der Waals surface area contributed by atoms with Gasteiger partial charge in [0.2, 0.25) is 5.91 Å². The van der Waals surface area contributed by atoms with Gasteiger partial charge in [-0.05, 0) is 42.0 Å². The topological polar surface area (TPSA) is 61.4 Å². The van der Waals surface area contributed by atoms with Crippen LogP contribution in [0.25, 0.3) is 0 Å². The van der Waals surface area contributed by atoms with E-state index < -0.39 is 0 Å². The molecule has 0 aromatic heterocycles. The highest BCUT2D eigenvalue weighted by Gasteiger charge is 2.31. The molecule has 1 saturated carbocycles. The quantitative estimate of drug-likeness (QED) is 0.740. The van der Waals surface area contributed by atoms with Gasteiger partial charge >= 0.3 is 6.03 Å². The number of benzene rings is 2. The minimum Gasteiger partial charge on any atom is -0.353 e. The van der Waals surface area contributed by atoms with Crippen molar-refractivity contribution < 1.29 is 9.59 Å². The largest absolute Gasteiger partial charge is 0.353 e. The van der Waals surface area contributed by atoms with Crippen molar-refractivity contribution >= 4 is 23.5 Å². The molecule has 1 aliphatic rings. The summed E-state index contributed by atoms with van der Waals surface area (Å²) in [5.41, 5.74) is 2.33. The van der Waals surface area contributed by atoms with E-state index in [1.54, 1.807) is 11.9 Å². The summed E-state index contributed by atoms with van der Waals surface area (Å²) in [7, 11) is 1.74. The van der Waals surface area contributed by atoms with Gasteiger partial charge in [-0.2, -0.15) is 0 Å². The molecular weight excluding hydrogens is 374 g/mol. The van der Waals surface area contributed by atoms with Gasteiger partial charge in [0.05, 0.1) is 0 Å². The molecule has 3 rings (SSSR count). The second-order valence-electron chi connectivity index (χ2n) is 7.31. The Labute approximate surface area is 171 Å². The number of amides is 3. The van der Waals surface area contributed by atoms with Crippen molar-refractivity contribution in [1.29, 1.82) is 0 Å². The Morgan fingerprint density at radius 3 is 2.43 bits per heavy atom. The molecule has 0 unspecified atom stereocenters. The van der Waals surface area contributed by atoms with Gasteiger partial charge in [0, 0.05) is 37.6 Å². The van der Waals surface area contributed by atoms with Crippen LogP contribution in [-0.2, 0) is 11.3 Å². The lowest BCUT2D eigenvalue weighted by molar-refractivity contribution is -0.122. The van der Waals surface area contributed by atoms with E-state index in [2.05, 4.69) is 10.6 Å². The van der Waals surface area contributed by atoms with Crippen LogP contribution < -0.4 is 10.6 Å². The van der Waals surface area contributed by atoms with Crippen LogP contribution in [0.5, 0.6) is 0 Å². The fourth-order valence-corrected chi connectivity index (χ4v) is 3.52. The first-order chi connectivity index (χ1) is 13.5. The summed E-state index contributed by atoms with van der Waals surface area (Å²) in [6.07, 6.45) is 2.17. The van der Waals surface area contributed by atoms with Crippen LogP contribution in [0.1, 0.15) is 36.3 Å². The third-order valence-electron chi connectivity index (χ3n) is 5.08. The summed E-state index contributed by atoms with van der Waals surface area (Å²) in [5.74, 6) is 0.458. The molecular formula is C22H26ClN3O2. The van der Waals surface area contributed by atoms with Crippen molar-refractivity contribution in [2.45, 2.75) is 37.8 Å². The zero-order valence-electron chi connectivity index (χ0n) is 16.0. The standard InChI is InChI=1S/C22H26ClN3O2/c1-26(15-16-5-3-2-4-6-16)22(28)24-12-11-21(27)25-20-13-18(14-20)17-7-9-19(23)10-8-17/h2-10,18,20H,11-15H2,1H3,(H,24,28)(H,25,27). The molecule has 0 radical (unpaired) electrons. The summed E-state index contributed by atoms with van der Waals surface area (Å²) in [6.45, 7) is 0.865. The highest BCUT2D eigenvalue weighted by atomic mass is 35.5. The summed E-state index contributed by atoms with van der Waals surface area (Å²) in [6, 6.07) is 17.7. The van der Waals surface area contributed by atoms with Gasteiger partial charge in [-0.15, -0.1) is 0 Å². The second-order valence-corrected chi connectivity index (χ2v) is 7.74. The van der Waals surface area contributed by atoms with Gasteiger partial charge in [-0.3, -0.25) is 4.79 Å². The molecule has 0 bridgehead atoms. The van der Waals surface area contributed by atoms with Crippen molar-refractivity contribution in [1.82, 2.24) is 15.5 Å². The first-order valence-electron chi connectivity index (χ1n) is 9.59. The minimum absolute atomic E-state index is 0.0226. The normalized spacial score (nSPS) is 18.1. The monoisotopic (exact) mass is 399 g/mol. The van der Waals surface area contributed by atoms with Crippen LogP contribution in [0, 0.1) is 0 Å². The SMILES string of the molecule is CN(Cc1ccccc1)C(=O)NCCC(=O)NC1CC(c2ccc(Cl)cc2)C1. The first kappa shape index (κ1) is 20.2. The van der Waals surface area contributed by atoms with Crippen LogP contribution in [0.2, 0.25) is 5.02 Å². The lowest BCUT2D eigenvalue weighted by Gasteiger charge is -2.36. The molecule has 28 heavy (non-hydrogen) atoms. The Kier molecular flexibility index (Phi) is 6.93. The Morgan fingerprint density at radius 2 is 1.75 bits per heavy atom. The minimum atomic E-state index is -0.178. The number of urea groups is 1. The summed E-state index contributed by atoms with van der Waals surface area (Å²) in [5, 5.41) is 6.58. The van der Waals surface area contributed by atoms with Crippen molar-refractivity contribution in [3.63, 3.8) is 0 Å². The van der Waals surface area contributed by atoms with Crippen LogP contribution in [0.15, 0.2) is 54.6 Å². The van der Waals surface area contributed by atoms with E-state index in [9.17, 15) is 9.59 Å². The molecule has 2 aromatic carbocycles. The molecule has 1 aliphatic carbocycles. The summed E-state index contributed by atoms with van der Waals surface area (Å²) < 4.78 is 0. The number of halogens is 1. The van der Waals surface area contributed by atoms with Crippen molar-refractivity contribution in [3.8, 4) is 0 Å². The average Bonchev–Trinajstić information content (AvgIpc) is 2.66. The molecule has 5 nitrogen and oxygen atoms in total. The van der Waals surface area contributed by atoms with Gasteiger partial charge in [0.1, 0.15) is 0 Å². The van der Waals surface area contributed by atoms with Gasteiger partial charge in [0.25, 0.3) is 0 Å². The predicted octanol–water partition coefficient (Wildman–Crippen LogP) is 3.93. The Morgan fingerprint density at radius 1 is 1.07 bits per heavy atom. The van der Waals surface area contributed by atoms with Gasteiger partial charge in [-0.1, -0.05) is 54.1 Å². The number of nitrogens with one attached hydrogen (secondary N) is 2. The van der Waals surface area contributed by atoms with Gasteiger partial charge in [0.15, 0.2) is 0 Å². The molecule has 2 N–H and O–H groups in total. The number of nitrogens with zero attached hydrogens (tertiary/aromatic N) is 1. The second kappa shape index (κ2) is 9.60. The Bertz CT molecular complexity index is 789. The third kappa shape index (κ3) is 5.73. The number of carbonyl (C=O) groups is 2. The predicted molar refractivity (Wildman–Crippen MR) is 111 cm³/mol. The summed E-state index contributed by atoms with van der Waals surface area (Å²) in [4.78, 5) is 25.8. The number of rotatable bonds is 7. The lowest BCUT2D eigenvalue weighted by Crippen LogP contribution is -2.44. The van der Waals surface area contributed by atoms with E-state index in [0.29, 0.717) is 19.0 Å². The fourth-order valence-electron chi connectivity index (χ4n) is 3.39. The average molecular weight is 400 g/mol. The van der Waals surface area contributed by atoms with Crippen LogP contribution in [-0.4, -0.2) is 36.5 Å². The van der Waals surface area contributed by atoms with E-state index in [-0.39, 0.29) is 24.4 Å². The molecule has 1 fully saturated rings. The maximum atomic E-state index is 12.1. The van der Waals surface area contributed by atoms with E-state index in [1.165, 1.54) is 5.56 Å². The molecule has 0 aliphatic heterocycles. The van der Waals surface area contributed by atoms with Crippen molar-refractivity contribution in [3.05, 3.63) is 70.7 Å². The maximum absolute atomic E-state index is 12.1. The first-order valence-corrected chi connectivity index (χ1v) is 9.97. The molecule has 6 heteroatoms. The fraction of sp³-hybridized carbons (Fsp3) is 0.364. The summed E-state index contributed by atoms with van der Waals surface area (Å²) >= 11 is 5.92. The maximum Gasteiger partial charge on any atom is 0.317 e. The zero-order chi connectivity index (χ0) is 19.9. The number of hydrogen-bond donors (Lipinski definition) is 2. The van der Waals surface area contributed by atoms with E-state index in [0.717, 1.165) is 23.4 Å². The molecule has 148 valence electrons. The van der Waals surface area contributed by atoms with Crippen LogP contribution >= 0.6 is 11.6 Å². The molecule has 0 spiro atoms. The highest BCUT2D eigenvalue weighted by molar-refractivity contribution is 6.30. The van der Waals surface area contributed by atoms with Gasteiger partial charge in [-0.25, -0.2) is 4.79 Å². The Hall–Kier alpha value is -2.53. The molecule has 0 heterocycles. The van der Waals surface area contributed by atoms with E-state index >= 15 is 0 Å². The lowest BCUT2D eigenvalue weighted by atomic mass is 9.76. The number of hydrogen-bond acceptors (Lipinski definition) is 2.